The molecule has 152 valence electrons. The summed E-state index contributed by atoms with van der Waals surface area (Å²) >= 11 is 5.96. The van der Waals surface area contributed by atoms with Gasteiger partial charge in [0, 0.05) is 5.02 Å². The smallest absolute Gasteiger partial charge is 0.266 e. The van der Waals surface area contributed by atoms with Crippen molar-refractivity contribution < 1.29 is 14.4 Å². The van der Waals surface area contributed by atoms with E-state index in [9.17, 15) is 9.59 Å². The molecule has 6 nitrogen and oxygen atoms in total. The molecule has 2 aliphatic heterocycles. The first-order valence-corrected chi connectivity index (χ1v) is 10.1. The van der Waals surface area contributed by atoms with E-state index in [1.54, 1.807) is 53.6 Å². The van der Waals surface area contributed by atoms with E-state index in [2.05, 4.69) is 6.07 Å². The van der Waals surface area contributed by atoms with Gasteiger partial charge in [-0.15, -0.1) is 0 Å². The molecule has 2 aliphatic rings. The molecule has 2 heterocycles. The fourth-order valence-corrected chi connectivity index (χ4v) is 4.28. The van der Waals surface area contributed by atoms with Crippen molar-refractivity contribution >= 4 is 34.8 Å². The molecule has 3 aromatic rings. The van der Waals surface area contributed by atoms with Crippen LogP contribution in [0.2, 0.25) is 5.02 Å². The molecule has 0 aromatic heterocycles. The van der Waals surface area contributed by atoms with Crippen molar-refractivity contribution in [1.29, 1.82) is 5.26 Å². The summed E-state index contributed by atoms with van der Waals surface area (Å²) in [6.07, 6.45) is -0.941. The molecule has 0 radical (unpaired) electrons. The maximum Gasteiger partial charge on any atom is 0.266 e. The highest BCUT2D eigenvalue weighted by Crippen LogP contribution is 2.47. The van der Waals surface area contributed by atoms with Gasteiger partial charge < -0.3 is 0 Å². The molecule has 2 saturated heterocycles. The molecule has 0 saturated carbocycles. The topological polar surface area (TPSA) is 73.6 Å². The van der Waals surface area contributed by atoms with E-state index < -0.39 is 24.0 Å². The number of anilines is 2. The summed E-state index contributed by atoms with van der Waals surface area (Å²) in [7, 11) is 0. The normalized spacial score (nSPS) is 22.5. The number of hydrogen-bond acceptors (Lipinski definition) is 5. The number of imide groups is 1. The number of nitrogens with zero attached hydrogens (tertiary/aromatic N) is 3. The first-order valence-electron chi connectivity index (χ1n) is 9.73. The summed E-state index contributed by atoms with van der Waals surface area (Å²) < 4.78 is 0. The average molecular weight is 430 g/mol. The molecule has 2 fully saturated rings. The van der Waals surface area contributed by atoms with Crippen LogP contribution in [0.3, 0.4) is 0 Å². The van der Waals surface area contributed by atoms with E-state index in [1.807, 2.05) is 30.3 Å². The Balaban J connectivity index is 1.58. The summed E-state index contributed by atoms with van der Waals surface area (Å²) in [6.45, 7) is 0. The average Bonchev–Trinajstić information content (AvgIpc) is 3.31. The maximum atomic E-state index is 13.5. The van der Waals surface area contributed by atoms with Gasteiger partial charge in [-0.1, -0.05) is 41.9 Å². The van der Waals surface area contributed by atoms with Crippen molar-refractivity contribution in [1.82, 2.24) is 0 Å². The number of benzene rings is 3. The molecule has 3 atom stereocenters. The van der Waals surface area contributed by atoms with E-state index in [0.29, 0.717) is 16.3 Å². The predicted molar refractivity (Wildman–Crippen MR) is 115 cm³/mol. The molecule has 7 heteroatoms. The maximum absolute atomic E-state index is 13.5. The lowest BCUT2D eigenvalue weighted by molar-refractivity contribution is -0.126. The van der Waals surface area contributed by atoms with E-state index in [4.69, 9.17) is 21.7 Å². The van der Waals surface area contributed by atoms with Gasteiger partial charge in [-0.25, -0.2) is 9.96 Å². The summed E-state index contributed by atoms with van der Waals surface area (Å²) in [6, 6.07) is 24.5. The van der Waals surface area contributed by atoms with Crippen LogP contribution in [0.15, 0.2) is 78.9 Å². The molecule has 2 amide bonds. The number of fused-ring (bicyclic) bond motifs is 1. The Morgan fingerprint density at radius 1 is 0.839 bits per heavy atom. The highest BCUT2D eigenvalue weighted by atomic mass is 35.5. The van der Waals surface area contributed by atoms with Gasteiger partial charge in [-0.05, 0) is 54.1 Å². The van der Waals surface area contributed by atoms with Crippen LogP contribution in [0.5, 0.6) is 0 Å². The molecule has 0 N–H and O–H groups in total. The Bertz CT molecular complexity index is 1190. The number of nitriles is 1. The zero-order chi connectivity index (χ0) is 21.5. The molecule has 3 unspecified atom stereocenters. The molecule has 5 rings (SSSR count). The van der Waals surface area contributed by atoms with Crippen LogP contribution in [0, 0.1) is 17.2 Å². The molecular weight excluding hydrogens is 414 g/mol. The second-order valence-electron chi connectivity index (χ2n) is 7.38. The molecule has 0 aliphatic carbocycles. The number of carbonyl (C=O) groups is 2. The van der Waals surface area contributed by atoms with Crippen LogP contribution < -0.4 is 9.96 Å². The van der Waals surface area contributed by atoms with Crippen LogP contribution >= 0.6 is 11.6 Å². The van der Waals surface area contributed by atoms with Gasteiger partial charge in [0.05, 0.1) is 29.0 Å². The fourth-order valence-electron chi connectivity index (χ4n) is 4.15. The molecule has 31 heavy (non-hydrogen) atoms. The third kappa shape index (κ3) is 3.15. The molecular formula is C24H16ClN3O3. The highest BCUT2D eigenvalue weighted by Gasteiger charge is 2.60. The Labute approximate surface area is 183 Å². The third-order valence-electron chi connectivity index (χ3n) is 5.59. The first-order chi connectivity index (χ1) is 15.1. The molecule has 0 spiro atoms. The van der Waals surface area contributed by atoms with Crippen molar-refractivity contribution in [2.75, 3.05) is 9.96 Å². The van der Waals surface area contributed by atoms with Crippen molar-refractivity contribution in [2.24, 2.45) is 5.92 Å². The van der Waals surface area contributed by atoms with Crippen molar-refractivity contribution in [3.63, 3.8) is 0 Å². The van der Waals surface area contributed by atoms with Gasteiger partial charge in [-0.2, -0.15) is 5.26 Å². The van der Waals surface area contributed by atoms with Crippen molar-refractivity contribution in [2.45, 2.75) is 12.1 Å². The monoisotopic (exact) mass is 429 g/mol. The largest absolute Gasteiger partial charge is 0.273 e. The van der Waals surface area contributed by atoms with Crippen molar-refractivity contribution in [3.05, 3.63) is 95.0 Å². The van der Waals surface area contributed by atoms with Gasteiger partial charge >= 0.3 is 0 Å². The Kier molecular flexibility index (Phi) is 4.70. The lowest BCUT2D eigenvalue weighted by atomic mass is 9.90. The lowest BCUT2D eigenvalue weighted by Crippen LogP contribution is -2.37. The first kappa shape index (κ1) is 19.3. The number of hydroxylamine groups is 1. The molecule has 3 aromatic carbocycles. The van der Waals surface area contributed by atoms with E-state index >= 15 is 0 Å². The van der Waals surface area contributed by atoms with Crippen LogP contribution in [0.1, 0.15) is 17.2 Å². The SMILES string of the molecule is N#Cc1ccc(C2C3C(=O)N(c4ccc(Cl)cc4)C(=O)C3ON2c2ccccc2)cc1. The second kappa shape index (κ2) is 7.55. The predicted octanol–water partition coefficient (Wildman–Crippen LogP) is 4.26. The lowest BCUT2D eigenvalue weighted by Gasteiger charge is -2.28. The zero-order valence-corrected chi connectivity index (χ0v) is 16.9. The summed E-state index contributed by atoms with van der Waals surface area (Å²) in [5, 5.41) is 11.3. The number of carbonyl (C=O) groups excluding carboxylic acids is 2. The number of rotatable bonds is 3. The Morgan fingerprint density at radius 3 is 2.16 bits per heavy atom. The van der Waals surface area contributed by atoms with E-state index in [0.717, 1.165) is 11.3 Å². The summed E-state index contributed by atoms with van der Waals surface area (Å²) in [5.41, 5.74) is 2.50. The van der Waals surface area contributed by atoms with Crippen LogP contribution in [0.4, 0.5) is 11.4 Å². The van der Waals surface area contributed by atoms with Gasteiger partial charge in [0.1, 0.15) is 5.92 Å². The number of amides is 2. The highest BCUT2D eigenvalue weighted by molar-refractivity contribution is 6.31. The molecule has 0 bridgehead atoms. The Hall–Kier alpha value is -3.66. The standard InChI is InChI=1S/C24H16ClN3O3/c25-17-10-12-18(13-11-17)27-23(29)20-21(16-8-6-15(14-26)7-9-16)28(31-22(20)24(27)30)19-4-2-1-3-5-19/h1-13,20-22H. The number of para-hydroxylation sites is 1. The summed E-state index contributed by atoms with van der Waals surface area (Å²) in [4.78, 5) is 33.9. The van der Waals surface area contributed by atoms with Gasteiger partial charge in [0.2, 0.25) is 5.91 Å². The minimum atomic E-state index is -0.941. The number of hydrogen-bond donors (Lipinski definition) is 0. The minimum Gasteiger partial charge on any atom is -0.273 e. The quantitative estimate of drug-likeness (QED) is 0.581. The second-order valence-corrected chi connectivity index (χ2v) is 7.82. The van der Waals surface area contributed by atoms with Crippen LogP contribution in [-0.4, -0.2) is 17.9 Å². The van der Waals surface area contributed by atoms with Crippen molar-refractivity contribution in [3.8, 4) is 6.07 Å². The summed E-state index contributed by atoms with van der Waals surface area (Å²) in [5.74, 6) is -1.46. The van der Waals surface area contributed by atoms with Gasteiger partial charge in [0.15, 0.2) is 6.10 Å². The van der Waals surface area contributed by atoms with Crippen LogP contribution in [0.25, 0.3) is 0 Å². The van der Waals surface area contributed by atoms with Crippen LogP contribution in [-0.2, 0) is 14.4 Å². The number of halogens is 1. The van der Waals surface area contributed by atoms with E-state index in [-0.39, 0.29) is 5.91 Å². The zero-order valence-electron chi connectivity index (χ0n) is 16.2. The van der Waals surface area contributed by atoms with E-state index in [1.165, 1.54) is 4.90 Å². The van der Waals surface area contributed by atoms with Gasteiger partial charge in [0.25, 0.3) is 5.91 Å². The van der Waals surface area contributed by atoms with Gasteiger partial charge in [-0.3, -0.25) is 14.4 Å². The minimum absolute atomic E-state index is 0.329. The Morgan fingerprint density at radius 2 is 1.52 bits per heavy atom. The third-order valence-corrected chi connectivity index (χ3v) is 5.84. The fraction of sp³-hybridized carbons (Fsp3) is 0.125.